The lowest BCUT2D eigenvalue weighted by Crippen LogP contribution is -2.26. The van der Waals surface area contributed by atoms with Crippen LogP contribution in [0, 0.1) is 5.92 Å². The fraction of sp³-hybridized carbons (Fsp3) is 0.714. The number of rotatable bonds is 7. The van der Waals surface area contributed by atoms with Crippen LogP contribution in [0.5, 0.6) is 0 Å². The Hall–Kier alpha value is -0.190. The van der Waals surface area contributed by atoms with Gasteiger partial charge in [-0.25, -0.2) is 9.97 Å². The molecule has 0 amide bonds. The molecule has 1 rings (SSSR count). The predicted octanol–water partition coefficient (Wildman–Crippen LogP) is 3.98. The topological polar surface area (TPSA) is 29.0 Å². The molecule has 0 radical (unpaired) electrons. The second kappa shape index (κ2) is 8.18. The SMILES string of the molecule is CCN(CC)CCc1nc(Cl)c(Br)c(CC(C)C)n1. The molecule has 1 heterocycles. The first kappa shape index (κ1) is 16.9. The van der Waals surface area contributed by atoms with E-state index in [9.17, 15) is 0 Å². The van der Waals surface area contributed by atoms with Gasteiger partial charge in [-0.2, -0.15) is 0 Å². The van der Waals surface area contributed by atoms with E-state index in [-0.39, 0.29) is 0 Å². The Morgan fingerprint density at radius 2 is 1.84 bits per heavy atom. The van der Waals surface area contributed by atoms with E-state index in [1.165, 1.54) is 0 Å². The maximum atomic E-state index is 6.17. The Morgan fingerprint density at radius 1 is 1.21 bits per heavy atom. The van der Waals surface area contributed by atoms with Gasteiger partial charge in [-0.05, 0) is 41.4 Å². The van der Waals surface area contributed by atoms with Crippen LogP contribution in [0.2, 0.25) is 5.15 Å². The Bertz CT molecular complexity index is 406. The molecule has 0 aliphatic rings. The first-order chi connectivity index (χ1) is 8.97. The Morgan fingerprint density at radius 3 is 2.37 bits per heavy atom. The minimum absolute atomic E-state index is 0.528. The summed E-state index contributed by atoms with van der Waals surface area (Å²) >= 11 is 9.66. The van der Waals surface area contributed by atoms with Crippen molar-refractivity contribution in [3.05, 3.63) is 21.1 Å². The maximum Gasteiger partial charge on any atom is 0.147 e. The van der Waals surface area contributed by atoms with Crippen molar-refractivity contribution in [3.8, 4) is 0 Å². The zero-order chi connectivity index (χ0) is 14.4. The van der Waals surface area contributed by atoms with Gasteiger partial charge in [0.1, 0.15) is 11.0 Å². The van der Waals surface area contributed by atoms with E-state index < -0.39 is 0 Å². The molecule has 0 spiro atoms. The van der Waals surface area contributed by atoms with Crippen LogP contribution in [0.3, 0.4) is 0 Å². The van der Waals surface area contributed by atoms with Gasteiger partial charge >= 0.3 is 0 Å². The summed E-state index contributed by atoms with van der Waals surface area (Å²) in [6.45, 7) is 11.8. The van der Waals surface area contributed by atoms with Crippen molar-refractivity contribution in [2.24, 2.45) is 5.92 Å². The number of halogens is 2. The third kappa shape index (κ3) is 5.36. The molecular formula is C14H23BrClN3. The number of aromatic nitrogens is 2. The van der Waals surface area contributed by atoms with Gasteiger partial charge < -0.3 is 4.90 Å². The van der Waals surface area contributed by atoms with Crippen molar-refractivity contribution in [2.75, 3.05) is 19.6 Å². The summed E-state index contributed by atoms with van der Waals surface area (Å²) in [5.74, 6) is 1.40. The van der Waals surface area contributed by atoms with E-state index in [4.69, 9.17) is 11.6 Å². The van der Waals surface area contributed by atoms with Gasteiger partial charge in [-0.3, -0.25) is 0 Å². The normalized spacial score (nSPS) is 11.6. The van der Waals surface area contributed by atoms with Gasteiger partial charge in [0.25, 0.3) is 0 Å². The molecule has 108 valence electrons. The first-order valence-corrected chi connectivity index (χ1v) is 8.08. The average Bonchev–Trinajstić information content (AvgIpc) is 2.36. The second-order valence-corrected chi connectivity index (χ2v) is 6.22. The molecule has 0 fully saturated rings. The average molecular weight is 349 g/mol. The molecule has 0 unspecified atom stereocenters. The second-order valence-electron chi connectivity index (χ2n) is 5.07. The number of hydrogen-bond donors (Lipinski definition) is 0. The highest BCUT2D eigenvalue weighted by Crippen LogP contribution is 2.25. The summed E-state index contributed by atoms with van der Waals surface area (Å²) in [6.07, 6.45) is 1.76. The van der Waals surface area contributed by atoms with Crippen molar-refractivity contribution in [1.29, 1.82) is 0 Å². The smallest absolute Gasteiger partial charge is 0.147 e. The summed E-state index contributed by atoms with van der Waals surface area (Å²) in [5.41, 5.74) is 1.02. The molecule has 0 aliphatic heterocycles. The zero-order valence-corrected chi connectivity index (χ0v) is 14.6. The highest BCUT2D eigenvalue weighted by atomic mass is 79.9. The fourth-order valence-electron chi connectivity index (χ4n) is 1.94. The zero-order valence-electron chi connectivity index (χ0n) is 12.2. The molecule has 0 atom stereocenters. The van der Waals surface area contributed by atoms with Crippen LogP contribution >= 0.6 is 27.5 Å². The Kier molecular flexibility index (Phi) is 7.26. The molecule has 0 saturated heterocycles. The number of nitrogens with zero attached hydrogens (tertiary/aromatic N) is 3. The molecule has 0 N–H and O–H groups in total. The summed E-state index contributed by atoms with van der Waals surface area (Å²) in [6, 6.07) is 0. The quantitative estimate of drug-likeness (QED) is 0.698. The lowest BCUT2D eigenvalue weighted by atomic mass is 10.1. The Balaban J connectivity index is 2.81. The Labute approximate surface area is 129 Å². The third-order valence-corrected chi connectivity index (χ3v) is 4.41. The fourth-order valence-corrected chi connectivity index (χ4v) is 2.49. The van der Waals surface area contributed by atoms with Crippen LogP contribution in [0.1, 0.15) is 39.2 Å². The van der Waals surface area contributed by atoms with Gasteiger partial charge in [0, 0.05) is 13.0 Å². The lowest BCUT2D eigenvalue weighted by molar-refractivity contribution is 0.305. The maximum absolute atomic E-state index is 6.17. The largest absolute Gasteiger partial charge is 0.303 e. The highest BCUT2D eigenvalue weighted by Gasteiger charge is 2.12. The van der Waals surface area contributed by atoms with Crippen molar-refractivity contribution in [1.82, 2.24) is 14.9 Å². The molecule has 1 aromatic heterocycles. The van der Waals surface area contributed by atoms with Crippen LogP contribution < -0.4 is 0 Å². The molecule has 0 aliphatic carbocycles. The van der Waals surface area contributed by atoms with Crippen LogP contribution in [-0.2, 0) is 12.8 Å². The standard InChI is InChI=1S/C14H23BrClN3/c1-5-19(6-2)8-7-12-17-11(9-10(3)4)13(15)14(16)18-12/h10H,5-9H2,1-4H3. The first-order valence-electron chi connectivity index (χ1n) is 6.91. The van der Waals surface area contributed by atoms with Gasteiger partial charge in [0.05, 0.1) is 10.2 Å². The number of hydrogen-bond acceptors (Lipinski definition) is 3. The van der Waals surface area contributed by atoms with E-state index >= 15 is 0 Å². The van der Waals surface area contributed by atoms with E-state index in [1.807, 2.05) is 0 Å². The summed E-state index contributed by atoms with van der Waals surface area (Å²) in [7, 11) is 0. The minimum Gasteiger partial charge on any atom is -0.303 e. The van der Waals surface area contributed by atoms with E-state index in [2.05, 4.69) is 58.5 Å². The van der Waals surface area contributed by atoms with E-state index in [0.29, 0.717) is 11.1 Å². The molecule has 0 bridgehead atoms. The van der Waals surface area contributed by atoms with Crippen molar-refractivity contribution < 1.29 is 0 Å². The molecule has 5 heteroatoms. The summed E-state index contributed by atoms with van der Waals surface area (Å²) < 4.78 is 0.842. The molecular weight excluding hydrogens is 326 g/mol. The van der Waals surface area contributed by atoms with E-state index in [1.54, 1.807) is 0 Å². The summed E-state index contributed by atoms with van der Waals surface area (Å²) in [5, 5.41) is 0.528. The molecule has 1 aromatic rings. The van der Waals surface area contributed by atoms with Crippen molar-refractivity contribution in [3.63, 3.8) is 0 Å². The van der Waals surface area contributed by atoms with E-state index in [0.717, 1.165) is 48.5 Å². The molecule has 0 saturated carbocycles. The monoisotopic (exact) mass is 347 g/mol. The van der Waals surface area contributed by atoms with Crippen LogP contribution in [-0.4, -0.2) is 34.5 Å². The van der Waals surface area contributed by atoms with Crippen molar-refractivity contribution >= 4 is 27.5 Å². The minimum atomic E-state index is 0.528. The van der Waals surface area contributed by atoms with Crippen LogP contribution in [0.4, 0.5) is 0 Å². The molecule has 3 nitrogen and oxygen atoms in total. The van der Waals surface area contributed by atoms with Gasteiger partial charge in [-0.15, -0.1) is 0 Å². The lowest BCUT2D eigenvalue weighted by Gasteiger charge is -2.17. The summed E-state index contributed by atoms with van der Waals surface area (Å²) in [4.78, 5) is 11.4. The van der Waals surface area contributed by atoms with Gasteiger partial charge in [0.15, 0.2) is 0 Å². The van der Waals surface area contributed by atoms with Crippen LogP contribution in [0.25, 0.3) is 0 Å². The molecule has 0 aromatic carbocycles. The highest BCUT2D eigenvalue weighted by molar-refractivity contribution is 9.10. The third-order valence-electron chi connectivity index (χ3n) is 3.07. The molecule has 19 heavy (non-hydrogen) atoms. The number of likely N-dealkylation sites (N-methyl/N-ethyl adjacent to an activating group) is 1. The van der Waals surface area contributed by atoms with Crippen LogP contribution in [0.15, 0.2) is 4.47 Å². The van der Waals surface area contributed by atoms with Crippen molar-refractivity contribution in [2.45, 2.75) is 40.5 Å². The van der Waals surface area contributed by atoms with Gasteiger partial charge in [0.2, 0.25) is 0 Å². The predicted molar refractivity (Wildman–Crippen MR) is 84.8 cm³/mol. The van der Waals surface area contributed by atoms with Gasteiger partial charge in [-0.1, -0.05) is 39.3 Å².